The van der Waals surface area contributed by atoms with Crippen LogP contribution >= 0.6 is 0 Å². The topological polar surface area (TPSA) is 20.3 Å². The lowest BCUT2D eigenvalue weighted by Gasteiger charge is -2.26. The third-order valence-corrected chi connectivity index (χ3v) is 3.90. The molecule has 1 aliphatic rings. The van der Waals surface area contributed by atoms with Crippen LogP contribution in [0.1, 0.15) is 31.9 Å². The fourth-order valence-electron chi connectivity index (χ4n) is 2.78. The van der Waals surface area contributed by atoms with E-state index in [0.29, 0.717) is 6.54 Å². The molecule has 112 valence electrons. The Morgan fingerprint density at radius 1 is 1.00 bits per heavy atom. The minimum Gasteiger partial charge on any atom is -0.307 e. The highest BCUT2D eigenvalue weighted by atomic mass is 16.2. The van der Waals surface area contributed by atoms with Crippen molar-refractivity contribution in [2.45, 2.75) is 20.8 Å². The number of amides is 1. The number of nitrogens with zero attached hydrogens (tertiary/aromatic N) is 1. The van der Waals surface area contributed by atoms with E-state index in [2.05, 4.69) is 24.3 Å². The molecule has 1 heterocycles. The molecule has 0 radical (unpaired) electrons. The fraction of sp³-hybridized carbons (Fsp3) is 0.250. The molecule has 3 rings (SSSR count). The van der Waals surface area contributed by atoms with Gasteiger partial charge in [-0.2, -0.15) is 0 Å². The Morgan fingerprint density at radius 2 is 1.64 bits per heavy atom. The number of benzene rings is 2. The number of carbonyl (C=O) groups is 1. The Bertz CT molecular complexity index is 723. The van der Waals surface area contributed by atoms with Crippen molar-refractivity contribution in [1.29, 1.82) is 0 Å². The zero-order valence-corrected chi connectivity index (χ0v) is 13.3. The Kier molecular flexibility index (Phi) is 3.61. The van der Waals surface area contributed by atoms with Crippen LogP contribution in [0.4, 0.5) is 5.69 Å². The maximum atomic E-state index is 12.7. The van der Waals surface area contributed by atoms with Gasteiger partial charge in [-0.15, -0.1) is 0 Å². The van der Waals surface area contributed by atoms with Crippen LogP contribution in [0, 0.1) is 5.41 Å². The molecule has 0 atom stereocenters. The monoisotopic (exact) mass is 291 g/mol. The molecule has 2 heteroatoms. The van der Waals surface area contributed by atoms with Gasteiger partial charge in [-0.25, -0.2) is 0 Å². The Hall–Kier alpha value is -2.35. The van der Waals surface area contributed by atoms with E-state index >= 15 is 0 Å². The highest BCUT2D eigenvalue weighted by Gasteiger charge is 2.34. The van der Waals surface area contributed by atoms with E-state index in [1.807, 2.05) is 62.1 Å². The molecule has 2 nitrogen and oxygen atoms in total. The molecular weight excluding hydrogens is 270 g/mol. The minimum atomic E-state index is -0.380. The summed E-state index contributed by atoms with van der Waals surface area (Å²) in [6.45, 7) is 6.55. The van der Waals surface area contributed by atoms with E-state index in [9.17, 15) is 4.79 Å². The lowest BCUT2D eigenvalue weighted by atomic mass is 9.95. The SMILES string of the molecule is CC(C)(C)C(=O)N1C/C(=C/c2ccccc2)c2ccccc21. The number of para-hydroxylation sites is 1. The molecule has 0 bridgehead atoms. The van der Waals surface area contributed by atoms with Gasteiger partial charge >= 0.3 is 0 Å². The van der Waals surface area contributed by atoms with Gasteiger partial charge in [-0.05, 0) is 23.3 Å². The van der Waals surface area contributed by atoms with Gasteiger partial charge in [0.15, 0.2) is 0 Å². The van der Waals surface area contributed by atoms with Gasteiger partial charge in [0.2, 0.25) is 5.91 Å². The van der Waals surface area contributed by atoms with Crippen molar-refractivity contribution in [3.05, 3.63) is 65.7 Å². The Morgan fingerprint density at radius 3 is 2.32 bits per heavy atom. The Balaban J connectivity index is 2.03. The predicted molar refractivity (Wildman–Crippen MR) is 92.6 cm³/mol. The molecule has 0 saturated heterocycles. The summed E-state index contributed by atoms with van der Waals surface area (Å²) in [5.41, 5.74) is 4.15. The summed E-state index contributed by atoms with van der Waals surface area (Å²) >= 11 is 0. The number of carbonyl (C=O) groups excluding carboxylic acids is 1. The van der Waals surface area contributed by atoms with E-state index in [4.69, 9.17) is 0 Å². The third kappa shape index (κ3) is 2.69. The maximum absolute atomic E-state index is 12.7. The number of fused-ring (bicyclic) bond motifs is 1. The number of hydrogen-bond acceptors (Lipinski definition) is 1. The zero-order valence-electron chi connectivity index (χ0n) is 13.3. The van der Waals surface area contributed by atoms with Gasteiger partial charge in [-0.1, -0.05) is 69.3 Å². The van der Waals surface area contributed by atoms with Gasteiger partial charge in [0.05, 0.1) is 12.2 Å². The molecular formula is C20H21NO. The van der Waals surface area contributed by atoms with Crippen LogP contribution in [0.25, 0.3) is 11.6 Å². The lowest BCUT2D eigenvalue weighted by molar-refractivity contribution is -0.125. The lowest BCUT2D eigenvalue weighted by Crippen LogP contribution is -2.38. The van der Waals surface area contributed by atoms with Crippen LogP contribution in [-0.4, -0.2) is 12.5 Å². The summed E-state index contributed by atoms with van der Waals surface area (Å²) in [4.78, 5) is 14.6. The fourth-order valence-corrected chi connectivity index (χ4v) is 2.78. The van der Waals surface area contributed by atoms with Crippen molar-refractivity contribution in [3.8, 4) is 0 Å². The van der Waals surface area contributed by atoms with Gasteiger partial charge in [0, 0.05) is 11.0 Å². The number of hydrogen-bond donors (Lipinski definition) is 0. The molecule has 0 saturated carbocycles. The maximum Gasteiger partial charge on any atom is 0.232 e. The largest absolute Gasteiger partial charge is 0.307 e. The molecule has 0 aliphatic carbocycles. The summed E-state index contributed by atoms with van der Waals surface area (Å²) < 4.78 is 0. The second-order valence-electron chi connectivity index (χ2n) is 6.74. The molecule has 1 amide bonds. The molecule has 0 N–H and O–H groups in total. The van der Waals surface area contributed by atoms with Crippen LogP contribution in [0.2, 0.25) is 0 Å². The second kappa shape index (κ2) is 5.45. The molecule has 22 heavy (non-hydrogen) atoms. The zero-order chi connectivity index (χ0) is 15.7. The molecule has 0 fully saturated rings. The minimum absolute atomic E-state index is 0.163. The van der Waals surface area contributed by atoms with E-state index in [-0.39, 0.29) is 11.3 Å². The van der Waals surface area contributed by atoms with Crippen molar-refractivity contribution >= 4 is 23.2 Å². The molecule has 0 spiro atoms. The predicted octanol–water partition coefficient (Wildman–Crippen LogP) is 4.62. The normalized spacial score (nSPS) is 16.0. The van der Waals surface area contributed by atoms with E-state index < -0.39 is 0 Å². The molecule has 0 aromatic heterocycles. The molecule has 1 aliphatic heterocycles. The Labute approximate surface area is 132 Å². The highest BCUT2D eigenvalue weighted by molar-refractivity contribution is 6.07. The van der Waals surface area contributed by atoms with Crippen molar-refractivity contribution in [2.24, 2.45) is 5.41 Å². The first kappa shape index (κ1) is 14.6. The number of rotatable bonds is 1. The average Bonchev–Trinajstić information content (AvgIpc) is 2.85. The van der Waals surface area contributed by atoms with Gasteiger partial charge < -0.3 is 4.90 Å². The van der Waals surface area contributed by atoms with Crippen molar-refractivity contribution in [2.75, 3.05) is 11.4 Å². The standard InChI is InChI=1S/C20H21NO/c1-20(2,3)19(22)21-14-16(13-15-9-5-4-6-10-15)17-11-7-8-12-18(17)21/h4-13H,14H2,1-3H3/b16-13-. The van der Waals surface area contributed by atoms with E-state index in [1.54, 1.807) is 0 Å². The first-order chi connectivity index (χ1) is 10.5. The summed E-state index contributed by atoms with van der Waals surface area (Å²) in [6.07, 6.45) is 2.18. The molecule has 0 unspecified atom stereocenters. The van der Waals surface area contributed by atoms with E-state index in [1.165, 1.54) is 5.57 Å². The molecule has 2 aromatic carbocycles. The van der Waals surface area contributed by atoms with Crippen LogP contribution in [-0.2, 0) is 4.79 Å². The quantitative estimate of drug-likeness (QED) is 0.750. The van der Waals surface area contributed by atoms with Crippen molar-refractivity contribution < 1.29 is 4.79 Å². The average molecular weight is 291 g/mol. The van der Waals surface area contributed by atoms with Crippen LogP contribution < -0.4 is 4.90 Å². The second-order valence-corrected chi connectivity index (χ2v) is 6.74. The third-order valence-electron chi connectivity index (χ3n) is 3.90. The van der Waals surface area contributed by atoms with E-state index in [0.717, 1.165) is 16.8 Å². The van der Waals surface area contributed by atoms with Gasteiger partial charge in [-0.3, -0.25) is 4.79 Å². The summed E-state index contributed by atoms with van der Waals surface area (Å²) in [5.74, 6) is 0.163. The van der Waals surface area contributed by atoms with Crippen LogP contribution in [0.5, 0.6) is 0 Å². The summed E-state index contributed by atoms with van der Waals surface area (Å²) in [5, 5.41) is 0. The van der Waals surface area contributed by atoms with Gasteiger partial charge in [0.1, 0.15) is 0 Å². The van der Waals surface area contributed by atoms with Crippen molar-refractivity contribution in [3.63, 3.8) is 0 Å². The molecule has 2 aromatic rings. The van der Waals surface area contributed by atoms with Crippen molar-refractivity contribution in [1.82, 2.24) is 0 Å². The highest BCUT2D eigenvalue weighted by Crippen LogP contribution is 2.38. The smallest absolute Gasteiger partial charge is 0.232 e. The summed E-state index contributed by atoms with van der Waals surface area (Å²) in [6, 6.07) is 18.4. The number of anilines is 1. The van der Waals surface area contributed by atoms with Crippen LogP contribution in [0.15, 0.2) is 54.6 Å². The van der Waals surface area contributed by atoms with Crippen LogP contribution in [0.3, 0.4) is 0 Å². The first-order valence-corrected chi connectivity index (χ1v) is 7.64. The summed E-state index contributed by atoms with van der Waals surface area (Å²) in [7, 11) is 0. The first-order valence-electron chi connectivity index (χ1n) is 7.64. The van der Waals surface area contributed by atoms with Gasteiger partial charge in [0.25, 0.3) is 0 Å².